The average molecular weight is 410 g/mol. The summed E-state index contributed by atoms with van der Waals surface area (Å²) in [6.07, 6.45) is 0. The summed E-state index contributed by atoms with van der Waals surface area (Å²) in [5.41, 5.74) is 0. The Morgan fingerprint density at radius 2 is 1.71 bits per heavy atom. The van der Waals surface area contributed by atoms with E-state index >= 15 is 0 Å². The maximum Gasteiger partial charge on any atom is 0.241 e. The van der Waals surface area contributed by atoms with E-state index in [1.54, 1.807) is 31.4 Å². The second-order valence-corrected chi connectivity index (χ2v) is 7.25. The summed E-state index contributed by atoms with van der Waals surface area (Å²) in [5.74, 6) is 6.68. The van der Waals surface area contributed by atoms with Crippen LogP contribution in [0.5, 0.6) is 11.5 Å². The van der Waals surface area contributed by atoms with Gasteiger partial charge in [0.15, 0.2) is 11.5 Å². The van der Waals surface area contributed by atoms with Crippen molar-refractivity contribution in [1.29, 1.82) is 0 Å². The van der Waals surface area contributed by atoms with Crippen LogP contribution in [-0.4, -0.2) is 28.7 Å². The van der Waals surface area contributed by atoms with E-state index in [2.05, 4.69) is 32.5 Å². The molecule has 0 heterocycles. The van der Waals surface area contributed by atoms with Crippen molar-refractivity contribution in [3.63, 3.8) is 0 Å². The second-order valence-electron chi connectivity index (χ2n) is 4.57. The SMILES string of the molecule is COc1ccccc1OCC#CCNS(=O)(=O)c1ccc(Br)cc1. The minimum Gasteiger partial charge on any atom is -0.493 e. The molecule has 0 atom stereocenters. The van der Waals surface area contributed by atoms with E-state index in [-0.39, 0.29) is 18.0 Å². The summed E-state index contributed by atoms with van der Waals surface area (Å²) in [5, 5.41) is 0. The number of rotatable bonds is 6. The van der Waals surface area contributed by atoms with Gasteiger partial charge in [-0.15, -0.1) is 0 Å². The molecular weight excluding hydrogens is 394 g/mol. The van der Waals surface area contributed by atoms with E-state index in [9.17, 15) is 8.42 Å². The van der Waals surface area contributed by atoms with Gasteiger partial charge >= 0.3 is 0 Å². The van der Waals surface area contributed by atoms with Gasteiger partial charge in [0.05, 0.1) is 18.6 Å². The van der Waals surface area contributed by atoms with Crippen LogP contribution in [0.15, 0.2) is 57.9 Å². The highest BCUT2D eigenvalue weighted by molar-refractivity contribution is 9.10. The van der Waals surface area contributed by atoms with Crippen LogP contribution in [0.3, 0.4) is 0 Å². The zero-order valence-electron chi connectivity index (χ0n) is 13.0. The molecule has 0 radical (unpaired) electrons. The van der Waals surface area contributed by atoms with Crippen LogP contribution in [0.25, 0.3) is 0 Å². The second kappa shape index (κ2) is 8.73. The highest BCUT2D eigenvalue weighted by Crippen LogP contribution is 2.25. The van der Waals surface area contributed by atoms with Crippen LogP contribution >= 0.6 is 15.9 Å². The Hall–Kier alpha value is -2.01. The zero-order chi connectivity index (χ0) is 17.4. The Kier molecular flexibility index (Phi) is 6.67. The quantitative estimate of drug-likeness (QED) is 0.744. The molecule has 0 aliphatic carbocycles. The molecule has 0 aromatic heterocycles. The number of hydrogen-bond donors (Lipinski definition) is 1. The van der Waals surface area contributed by atoms with Crippen LogP contribution in [0.4, 0.5) is 0 Å². The molecule has 0 aliphatic rings. The van der Waals surface area contributed by atoms with Gasteiger partial charge in [0.2, 0.25) is 10.0 Å². The molecule has 0 amide bonds. The fourth-order valence-electron chi connectivity index (χ4n) is 1.79. The van der Waals surface area contributed by atoms with Crippen molar-refractivity contribution in [2.45, 2.75) is 4.90 Å². The zero-order valence-corrected chi connectivity index (χ0v) is 15.4. The van der Waals surface area contributed by atoms with E-state index in [1.165, 1.54) is 12.1 Å². The number of ether oxygens (including phenoxy) is 2. The third-order valence-electron chi connectivity index (χ3n) is 2.97. The summed E-state index contributed by atoms with van der Waals surface area (Å²) < 4.78 is 37.9. The first-order chi connectivity index (χ1) is 11.5. The summed E-state index contributed by atoms with van der Waals surface area (Å²) in [7, 11) is -2.00. The average Bonchev–Trinajstić information content (AvgIpc) is 2.58. The Morgan fingerprint density at radius 3 is 2.38 bits per heavy atom. The molecule has 2 aromatic rings. The lowest BCUT2D eigenvalue weighted by Gasteiger charge is -2.07. The van der Waals surface area contributed by atoms with Gasteiger partial charge < -0.3 is 9.47 Å². The predicted molar refractivity (Wildman–Crippen MR) is 95.6 cm³/mol. The maximum absolute atomic E-state index is 12.0. The van der Waals surface area contributed by atoms with Gasteiger partial charge in [-0.25, -0.2) is 8.42 Å². The van der Waals surface area contributed by atoms with E-state index in [4.69, 9.17) is 9.47 Å². The Labute approximate surface area is 150 Å². The first-order valence-electron chi connectivity index (χ1n) is 7.00. The van der Waals surface area contributed by atoms with Crippen LogP contribution in [-0.2, 0) is 10.0 Å². The van der Waals surface area contributed by atoms with E-state index in [1.807, 2.05) is 12.1 Å². The lowest BCUT2D eigenvalue weighted by atomic mass is 10.3. The van der Waals surface area contributed by atoms with Crippen molar-refractivity contribution in [2.24, 2.45) is 0 Å². The lowest BCUT2D eigenvalue weighted by molar-refractivity contribution is 0.331. The topological polar surface area (TPSA) is 64.6 Å². The largest absolute Gasteiger partial charge is 0.493 e. The van der Waals surface area contributed by atoms with Crippen molar-refractivity contribution in [3.05, 3.63) is 53.0 Å². The number of sulfonamides is 1. The molecule has 24 heavy (non-hydrogen) atoms. The molecule has 0 spiro atoms. The maximum atomic E-state index is 12.0. The van der Waals surface area contributed by atoms with Gasteiger partial charge in [-0.2, -0.15) is 4.72 Å². The molecule has 7 heteroatoms. The van der Waals surface area contributed by atoms with E-state index < -0.39 is 10.0 Å². The molecule has 0 saturated heterocycles. The molecule has 0 saturated carbocycles. The molecule has 0 aliphatic heterocycles. The molecule has 1 N–H and O–H groups in total. The Bertz CT molecular complexity index is 839. The number of halogens is 1. The van der Waals surface area contributed by atoms with Crippen LogP contribution in [0.1, 0.15) is 0 Å². The van der Waals surface area contributed by atoms with Crippen molar-refractivity contribution in [1.82, 2.24) is 4.72 Å². The lowest BCUT2D eigenvalue weighted by Crippen LogP contribution is -2.24. The Morgan fingerprint density at radius 1 is 1.04 bits per heavy atom. The Balaban J connectivity index is 1.84. The monoisotopic (exact) mass is 409 g/mol. The van der Waals surface area contributed by atoms with Gasteiger partial charge in [0, 0.05) is 4.47 Å². The van der Waals surface area contributed by atoms with Crippen LogP contribution in [0, 0.1) is 11.8 Å². The summed E-state index contributed by atoms with van der Waals surface area (Å²) in [6.45, 7) is 0.147. The molecule has 2 aromatic carbocycles. The summed E-state index contributed by atoms with van der Waals surface area (Å²) in [4.78, 5) is 0.192. The fourth-order valence-corrected chi connectivity index (χ4v) is 2.98. The predicted octanol–water partition coefficient (Wildman–Crippen LogP) is 2.82. The molecular formula is C17H16BrNO4S. The summed E-state index contributed by atoms with van der Waals surface area (Å²) in [6, 6.07) is 13.6. The van der Waals surface area contributed by atoms with Crippen LogP contribution < -0.4 is 14.2 Å². The number of para-hydroxylation sites is 2. The first-order valence-corrected chi connectivity index (χ1v) is 9.27. The molecule has 0 bridgehead atoms. The third kappa shape index (κ3) is 5.27. The third-order valence-corrected chi connectivity index (χ3v) is 4.91. The van der Waals surface area contributed by atoms with Crippen molar-refractivity contribution in [3.8, 4) is 23.3 Å². The molecule has 0 unspecified atom stereocenters. The van der Waals surface area contributed by atoms with Crippen molar-refractivity contribution >= 4 is 26.0 Å². The van der Waals surface area contributed by atoms with Gasteiger partial charge in [0.25, 0.3) is 0 Å². The van der Waals surface area contributed by atoms with E-state index in [0.717, 1.165) is 4.47 Å². The molecule has 0 fully saturated rings. The molecule has 126 valence electrons. The van der Waals surface area contributed by atoms with Gasteiger partial charge in [-0.05, 0) is 36.4 Å². The van der Waals surface area contributed by atoms with Crippen molar-refractivity contribution < 1.29 is 17.9 Å². The minimum atomic E-state index is -3.56. The van der Waals surface area contributed by atoms with Gasteiger partial charge in [0.1, 0.15) is 6.61 Å². The number of benzene rings is 2. The highest BCUT2D eigenvalue weighted by Gasteiger charge is 2.11. The summed E-state index contributed by atoms with van der Waals surface area (Å²) >= 11 is 3.26. The standard InChI is InChI=1S/C17H16BrNO4S/c1-22-16-6-2-3-7-17(16)23-13-5-4-12-19-24(20,21)15-10-8-14(18)9-11-15/h2-3,6-11,19H,12-13H2,1H3. The number of nitrogens with one attached hydrogen (secondary N) is 1. The van der Waals surface area contributed by atoms with Crippen LogP contribution in [0.2, 0.25) is 0 Å². The van der Waals surface area contributed by atoms with Crippen molar-refractivity contribution in [2.75, 3.05) is 20.3 Å². The first kappa shape index (κ1) is 18.3. The smallest absolute Gasteiger partial charge is 0.241 e. The number of methoxy groups -OCH3 is 1. The normalized spacial score (nSPS) is 10.6. The molecule has 2 rings (SSSR count). The number of hydrogen-bond acceptors (Lipinski definition) is 4. The van der Waals surface area contributed by atoms with Gasteiger partial charge in [-0.3, -0.25) is 0 Å². The minimum absolute atomic E-state index is 0.00762. The molecule has 5 nitrogen and oxygen atoms in total. The fraction of sp³-hybridized carbons (Fsp3) is 0.176. The highest BCUT2D eigenvalue weighted by atomic mass is 79.9. The van der Waals surface area contributed by atoms with E-state index in [0.29, 0.717) is 11.5 Å². The van der Waals surface area contributed by atoms with Gasteiger partial charge in [-0.1, -0.05) is 39.9 Å².